The van der Waals surface area contributed by atoms with Crippen molar-refractivity contribution in [2.45, 2.75) is 63.9 Å². The van der Waals surface area contributed by atoms with Gasteiger partial charge in [-0.3, -0.25) is 0 Å². The summed E-state index contributed by atoms with van der Waals surface area (Å²) in [7, 11) is 0. The Morgan fingerprint density at radius 1 is 1.26 bits per heavy atom. The van der Waals surface area contributed by atoms with Gasteiger partial charge in [-0.15, -0.1) is 11.8 Å². The average Bonchev–Trinajstić information content (AvgIpc) is 2.73. The van der Waals surface area contributed by atoms with Crippen molar-refractivity contribution in [1.82, 2.24) is 4.90 Å². The van der Waals surface area contributed by atoms with Gasteiger partial charge in [0.05, 0.1) is 5.37 Å². The molecular weight excluding hydrogens is 448 g/mol. The predicted molar refractivity (Wildman–Crippen MR) is 122 cm³/mol. The molecule has 3 atom stereocenters. The van der Waals surface area contributed by atoms with Gasteiger partial charge in [-0.05, 0) is 67.1 Å². The molecule has 174 valence electrons. The second-order valence-corrected chi connectivity index (χ2v) is 10.3. The van der Waals surface area contributed by atoms with E-state index in [9.17, 15) is 17.6 Å². The quantitative estimate of drug-likeness (QED) is 0.356. The molecule has 0 amide bonds. The van der Waals surface area contributed by atoms with Crippen molar-refractivity contribution in [1.29, 1.82) is 0 Å². The first-order valence-electron chi connectivity index (χ1n) is 10.8. The third kappa shape index (κ3) is 6.40. The number of thiocarbonyl (C=S) groups is 1. The highest BCUT2D eigenvalue weighted by atomic mass is 32.2. The molecule has 2 aliphatic rings. The topological polar surface area (TPSA) is 24.5 Å². The number of alkyl halides is 4. The summed E-state index contributed by atoms with van der Waals surface area (Å²) in [4.78, 5) is 2.21. The van der Waals surface area contributed by atoms with E-state index in [2.05, 4.69) is 28.8 Å². The van der Waals surface area contributed by atoms with E-state index >= 15 is 0 Å². The first kappa shape index (κ1) is 24.4. The maximum atomic E-state index is 13.2. The lowest BCUT2D eigenvalue weighted by atomic mass is 9.76. The molecule has 3 rings (SSSR count). The van der Waals surface area contributed by atoms with Crippen LogP contribution in [-0.2, 0) is 0 Å². The Kier molecular flexibility index (Phi) is 8.35. The standard InChI is InChI=1S/C22H30F4N2OS2/c1-14(2)15-6-3-7-16(12-15)19-28(10-5-11-31-19)21(30)27-17-8-4-9-18(13-17)29-22(25,26)20(23)24/h4,8-9,13-16,19-20H,3,5-7,10-12H2,1-2H3,(H,27,30). The minimum absolute atomic E-state index is 0.290. The molecule has 1 aliphatic heterocycles. The number of nitrogens with zero attached hydrogens (tertiary/aromatic N) is 1. The molecule has 9 heteroatoms. The highest BCUT2D eigenvalue weighted by Gasteiger charge is 2.44. The zero-order chi connectivity index (χ0) is 22.6. The third-order valence-corrected chi connectivity index (χ3v) is 7.94. The van der Waals surface area contributed by atoms with E-state index in [0.29, 0.717) is 22.6 Å². The monoisotopic (exact) mass is 478 g/mol. The molecule has 0 radical (unpaired) electrons. The summed E-state index contributed by atoms with van der Waals surface area (Å²) >= 11 is 7.61. The Bertz CT molecular complexity index is 750. The van der Waals surface area contributed by atoms with Crippen LogP contribution in [0.2, 0.25) is 0 Å². The summed E-state index contributed by atoms with van der Waals surface area (Å²) in [5.41, 5.74) is 0.436. The van der Waals surface area contributed by atoms with E-state index < -0.39 is 12.5 Å². The highest BCUT2D eigenvalue weighted by molar-refractivity contribution is 8.00. The molecule has 1 aliphatic carbocycles. The van der Waals surface area contributed by atoms with Crippen LogP contribution in [-0.4, -0.2) is 40.2 Å². The minimum Gasteiger partial charge on any atom is -0.428 e. The first-order valence-corrected chi connectivity index (χ1v) is 12.3. The third-order valence-electron chi connectivity index (χ3n) is 6.09. The largest absolute Gasteiger partial charge is 0.461 e. The van der Waals surface area contributed by atoms with Crippen LogP contribution in [0.5, 0.6) is 5.75 Å². The lowest BCUT2D eigenvalue weighted by molar-refractivity contribution is -0.253. The van der Waals surface area contributed by atoms with Gasteiger partial charge in [-0.25, -0.2) is 0 Å². The van der Waals surface area contributed by atoms with Gasteiger partial charge >= 0.3 is 12.5 Å². The summed E-state index contributed by atoms with van der Waals surface area (Å²) in [6.45, 7) is 5.42. The van der Waals surface area contributed by atoms with Crippen LogP contribution >= 0.6 is 24.0 Å². The fourth-order valence-corrected chi connectivity index (χ4v) is 6.27. The summed E-state index contributed by atoms with van der Waals surface area (Å²) in [6, 6.07) is 5.61. The van der Waals surface area contributed by atoms with Crippen LogP contribution in [0, 0.1) is 17.8 Å². The second-order valence-electron chi connectivity index (χ2n) is 8.66. The molecular formula is C22H30F4N2OS2. The van der Waals surface area contributed by atoms with Crippen molar-refractivity contribution in [3.8, 4) is 5.75 Å². The van der Waals surface area contributed by atoms with E-state index in [1.807, 2.05) is 11.8 Å². The molecule has 0 bridgehead atoms. The van der Waals surface area contributed by atoms with Crippen LogP contribution < -0.4 is 10.1 Å². The molecule has 1 saturated carbocycles. The maximum Gasteiger partial charge on any atom is 0.461 e. The molecule has 1 N–H and O–H groups in total. The van der Waals surface area contributed by atoms with Gasteiger partial charge in [-0.2, -0.15) is 17.6 Å². The first-order chi connectivity index (χ1) is 14.7. The molecule has 1 heterocycles. The van der Waals surface area contributed by atoms with E-state index in [1.165, 1.54) is 43.9 Å². The van der Waals surface area contributed by atoms with Crippen molar-refractivity contribution in [2.75, 3.05) is 17.6 Å². The molecule has 3 nitrogen and oxygen atoms in total. The van der Waals surface area contributed by atoms with Crippen LogP contribution in [0.25, 0.3) is 0 Å². The Morgan fingerprint density at radius 2 is 2.03 bits per heavy atom. The fourth-order valence-electron chi connectivity index (χ4n) is 4.43. The smallest absolute Gasteiger partial charge is 0.428 e. The number of nitrogens with one attached hydrogen (secondary N) is 1. The number of ether oxygens (including phenoxy) is 1. The number of rotatable bonds is 6. The van der Waals surface area contributed by atoms with Crippen molar-refractivity contribution >= 4 is 34.8 Å². The molecule has 0 spiro atoms. The van der Waals surface area contributed by atoms with Crippen LogP contribution in [0.3, 0.4) is 0 Å². The SMILES string of the molecule is CC(C)C1CCCC(C2SCCCN2C(=S)Nc2cccc(OC(F)(F)C(F)F)c2)C1. The van der Waals surface area contributed by atoms with Crippen LogP contribution in [0.4, 0.5) is 23.2 Å². The lowest BCUT2D eigenvalue weighted by Crippen LogP contribution is -2.48. The summed E-state index contributed by atoms with van der Waals surface area (Å²) < 4.78 is 55.5. The number of halogens is 4. The van der Waals surface area contributed by atoms with Crippen molar-refractivity contribution in [2.24, 2.45) is 17.8 Å². The molecule has 2 fully saturated rings. The van der Waals surface area contributed by atoms with E-state index in [1.54, 1.807) is 6.07 Å². The summed E-state index contributed by atoms with van der Waals surface area (Å²) in [6.07, 6.45) is -2.52. The van der Waals surface area contributed by atoms with Gasteiger partial charge in [0.2, 0.25) is 0 Å². The van der Waals surface area contributed by atoms with Gasteiger partial charge < -0.3 is 15.0 Å². The Morgan fingerprint density at radius 3 is 2.74 bits per heavy atom. The zero-order valence-electron chi connectivity index (χ0n) is 17.8. The van der Waals surface area contributed by atoms with Crippen molar-refractivity contribution in [3.63, 3.8) is 0 Å². The van der Waals surface area contributed by atoms with Gasteiger partial charge in [-0.1, -0.05) is 32.8 Å². The molecule has 1 aromatic rings. The van der Waals surface area contributed by atoms with E-state index in [4.69, 9.17) is 12.2 Å². The number of hydrogen-bond donors (Lipinski definition) is 1. The number of benzene rings is 1. The summed E-state index contributed by atoms with van der Waals surface area (Å²) in [5, 5.41) is 3.92. The molecule has 1 saturated heterocycles. The highest BCUT2D eigenvalue weighted by Crippen LogP contribution is 2.41. The van der Waals surface area contributed by atoms with Crippen molar-refractivity contribution < 1.29 is 22.3 Å². The Balaban J connectivity index is 1.68. The van der Waals surface area contributed by atoms with E-state index in [-0.39, 0.29) is 11.1 Å². The predicted octanol–water partition coefficient (Wildman–Crippen LogP) is 6.85. The molecule has 31 heavy (non-hydrogen) atoms. The van der Waals surface area contributed by atoms with Gasteiger partial charge in [0.15, 0.2) is 5.11 Å². The lowest BCUT2D eigenvalue weighted by Gasteiger charge is -2.44. The molecule has 3 unspecified atom stereocenters. The van der Waals surface area contributed by atoms with Crippen LogP contribution in [0.1, 0.15) is 46.0 Å². The average molecular weight is 479 g/mol. The number of hydrogen-bond acceptors (Lipinski definition) is 3. The second kappa shape index (κ2) is 10.6. The van der Waals surface area contributed by atoms with Crippen LogP contribution in [0.15, 0.2) is 24.3 Å². The minimum atomic E-state index is -4.54. The fraction of sp³-hybridized carbons (Fsp3) is 0.682. The Labute approximate surface area is 191 Å². The summed E-state index contributed by atoms with van der Waals surface area (Å²) in [5.74, 6) is 2.72. The van der Waals surface area contributed by atoms with Gasteiger partial charge in [0, 0.05) is 18.3 Å². The van der Waals surface area contributed by atoms with Gasteiger partial charge in [0.1, 0.15) is 5.75 Å². The number of thioether (sulfide) groups is 1. The van der Waals surface area contributed by atoms with Gasteiger partial charge in [0.25, 0.3) is 0 Å². The maximum absolute atomic E-state index is 13.2. The molecule has 0 aromatic heterocycles. The van der Waals surface area contributed by atoms with Crippen molar-refractivity contribution in [3.05, 3.63) is 24.3 Å². The number of anilines is 1. The Hall–Kier alpha value is -1.22. The van der Waals surface area contributed by atoms with E-state index in [0.717, 1.165) is 24.6 Å². The normalized spacial score (nSPS) is 25.0. The molecule has 1 aromatic carbocycles. The zero-order valence-corrected chi connectivity index (χ0v) is 19.5.